The molecule has 2 aromatic heterocycles. The van der Waals surface area contributed by atoms with Gasteiger partial charge in [-0.25, -0.2) is 4.98 Å². The maximum absolute atomic E-state index is 5.72. The van der Waals surface area contributed by atoms with Crippen molar-refractivity contribution in [2.24, 2.45) is 5.92 Å². The molecule has 5 heteroatoms. The van der Waals surface area contributed by atoms with Crippen molar-refractivity contribution in [2.75, 3.05) is 31.2 Å². The highest BCUT2D eigenvalue weighted by molar-refractivity contribution is 5.51. The van der Waals surface area contributed by atoms with Crippen LogP contribution >= 0.6 is 0 Å². The van der Waals surface area contributed by atoms with Gasteiger partial charge in [0.05, 0.1) is 12.8 Å². The van der Waals surface area contributed by atoms with Crippen molar-refractivity contribution >= 4 is 11.5 Å². The van der Waals surface area contributed by atoms with Crippen LogP contribution in [0.4, 0.5) is 5.82 Å². The SMILES string of the molecule is CCCOC[C@H]1CCN(c2cc(C(C)C)nc3ccnn23)C1. The molecule has 1 atom stereocenters. The minimum Gasteiger partial charge on any atom is -0.381 e. The molecular weight excluding hydrogens is 276 g/mol. The number of hydrogen-bond acceptors (Lipinski definition) is 4. The molecule has 22 heavy (non-hydrogen) atoms. The summed E-state index contributed by atoms with van der Waals surface area (Å²) >= 11 is 0. The molecule has 0 saturated carbocycles. The fraction of sp³-hybridized carbons (Fsp3) is 0.647. The van der Waals surface area contributed by atoms with Crippen LogP contribution in [0.1, 0.15) is 45.2 Å². The minimum absolute atomic E-state index is 0.421. The summed E-state index contributed by atoms with van der Waals surface area (Å²) in [5.74, 6) is 2.20. The molecule has 0 aromatic carbocycles. The summed E-state index contributed by atoms with van der Waals surface area (Å²) in [6.45, 7) is 10.4. The van der Waals surface area contributed by atoms with Crippen molar-refractivity contribution in [3.63, 3.8) is 0 Å². The van der Waals surface area contributed by atoms with Crippen LogP contribution in [0.2, 0.25) is 0 Å². The Hall–Kier alpha value is -1.62. The molecule has 0 N–H and O–H groups in total. The van der Waals surface area contributed by atoms with Gasteiger partial charge in [0.15, 0.2) is 5.65 Å². The fourth-order valence-electron chi connectivity index (χ4n) is 3.01. The van der Waals surface area contributed by atoms with E-state index in [-0.39, 0.29) is 0 Å². The molecule has 3 heterocycles. The molecule has 0 radical (unpaired) electrons. The summed E-state index contributed by atoms with van der Waals surface area (Å²) in [4.78, 5) is 7.12. The standard InChI is InChI=1S/C17H26N4O/c1-4-9-22-12-14-6-8-20(11-14)17-10-15(13(2)3)19-16-5-7-18-21(16)17/h5,7,10,13-14H,4,6,8-9,11-12H2,1-3H3/t14-/m0/s1. The molecule has 0 spiro atoms. The first-order valence-corrected chi connectivity index (χ1v) is 8.36. The van der Waals surface area contributed by atoms with Gasteiger partial charge in [-0.1, -0.05) is 20.8 Å². The molecule has 0 aliphatic carbocycles. The molecule has 2 aromatic rings. The Morgan fingerprint density at radius 2 is 2.27 bits per heavy atom. The topological polar surface area (TPSA) is 42.7 Å². The van der Waals surface area contributed by atoms with Crippen molar-refractivity contribution in [1.82, 2.24) is 14.6 Å². The summed E-state index contributed by atoms with van der Waals surface area (Å²) in [6, 6.07) is 4.17. The number of nitrogens with zero attached hydrogens (tertiary/aromatic N) is 4. The Balaban J connectivity index is 1.79. The largest absolute Gasteiger partial charge is 0.381 e. The van der Waals surface area contributed by atoms with Crippen molar-refractivity contribution < 1.29 is 4.74 Å². The van der Waals surface area contributed by atoms with Crippen LogP contribution in [0.15, 0.2) is 18.3 Å². The van der Waals surface area contributed by atoms with Gasteiger partial charge in [-0.05, 0) is 18.8 Å². The molecule has 1 saturated heterocycles. The van der Waals surface area contributed by atoms with Crippen molar-refractivity contribution in [3.8, 4) is 0 Å². The number of hydrogen-bond donors (Lipinski definition) is 0. The lowest BCUT2D eigenvalue weighted by molar-refractivity contribution is 0.106. The van der Waals surface area contributed by atoms with E-state index in [0.29, 0.717) is 11.8 Å². The molecule has 0 bridgehead atoms. The molecule has 0 unspecified atom stereocenters. The fourth-order valence-corrected chi connectivity index (χ4v) is 3.01. The first-order chi connectivity index (χ1) is 10.7. The van der Waals surface area contributed by atoms with Gasteiger partial charge in [0.1, 0.15) is 5.82 Å². The van der Waals surface area contributed by atoms with Crippen LogP contribution in [0, 0.1) is 5.92 Å². The number of fused-ring (bicyclic) bond motifs is 1. The van der Waals surface area contributed by atoms with Gasteiger partial charge in [-0.2, -0.15) is 9.61 Å². The van der Waals surface area contributed by atoms with Crippen LogP contribution in [-0.4, -0.2) is 40.9 Å². The predicted octanol–water partition coefficient (Wildman–Crippen LogP) is 3.11. The smallest absolute Gasteiger partial charge is 0.157 e. The normalized spacial score (nSPS) is 18.7. The van der Waals surface area contributed by atoms with E-state index in [0.717, 1.165) is 49.9 Å². The molecule has 1 aliphatic heterocycles. The maximum atomic E-state index is 5.72. The van der Waals surface area contributed by atoms with E-state index in [1.54, 1.807) is 0 Å². The quantitative estimate of drug-likeness (QED) is 0.769. The van der Waals surface area contributed by atoms with Crippen molar-refractivity contribution in [1.29, 1.82) is 0 Å². The summed E-state index contributed by atoms with van der Waals surface area (Å²) < 4.78 is 7.68. The van der Waals surface area contributed by atoms with E-state index < -0.39 is 0 Å². The van der Waals surface area contributed by atoms with E-state index in [2.05, 4.69) is 36.8 Å². The Morgan fingerprint density at radius 1 is 1.41 bits per heavy atom. The first-order valence-electron chi connectivity index (χ1n) is 8.36. The molecule has 1 fully saturated rings. The summed E-state index contributed by atoms with van der Waals surface area (Å²) in [5, 5.41) is 4.45. The van der Waals surface area contributed by atoms with E-state index >= 15 is 0 Å². The highest BCUT2D eigenvalue weighted by Crippen LogP contribution is 2.27. The highest BCUT2D eigenvalue weighted by Gasteiger charge is 2.25. The molecule has 1 aliphatic rings. The first kappa shape index (κ1) is 15.3. The van der Waals surface area contributed by atoms with Crippen LogP contribution in [0.3, 0.4) is 0 Å². The molecule has 3 rings (SSSR count). The van der Waals surface area contributed by atoms with Gasteiger partial charge < -0.3 is 9.64 Å². The zero-order valence-electron chi connectivity index (χ0n) is 13.8. The summed E-state index contributed by atoms with van der Waals surface area (Å²) in [6.07, 6.45) is 4.10. The van der Waals surface area contributed by atoms with Crippen LogP contribution in [0.5, 0.6) is 0 Å². The second-order valence-electron chi connectivity index (χ2n) is 6.47. The Labute approximate surface area is 132 Å². The molecular formula is C17H26N4O. The minimum atomic E-state index is 0.421. The second-order valence-corrected chi connectivity index (χ2v) is 6.47. The lowest BCUT2D eigenvalue weighted by atomic mass is 10.1. The van der Waals surface area contributed by atoms with Crippen LogP contribution < -0.4 is 4.90 Å². The number of rotatable bonds is 6. The Morgan fingerprint density at radius 3 is 3.05 bits per heavy atom. The van der Waals surface area contributed by atoms with Gasteiger partial charge in [-0.3, -0.25) is 0 Å². The molecule has 120 valence electrons. The Kier molecular flexibility index (Phi) is 4.62. The molecule has 5 nitrogen and oxygen atoms in total. The van der Waals surface area contributed by atoms with Gasteiger partial charge in [0.2, 0.25) is 0 Å². The monoisotopic (exact) mass is 302 g/mol. The van der Waals surface area contributed by atoms with Gasteiger partial charge in [-0.15, -0.1) is 0 Å². The maximum Gasteiger partial charge on any atom is 0.157 e. The zero-order valence-corrected chi connectivity index (χ0v) is 13.8. The number of anilines is 1. The van der Waals surface area contributed by atoms with E-state index in [9.17, 15) is 0 Å². The third-order valence-electron chi connectivity index (χ3n) is 4.26. The highest BCUT2D eigenvalue weighted by atomic mass is 16.5. The zero-order chi connectivity index (χ0) is 15.5. The molecule has 0 amide bonds. The number of ether oxygens (including phenoxy) is 1. The van der Waals surface area contributed by atoms with Gasteiger partial charge in [0.25, 0.3) is 0 Å². The summed E-state index contributed by atoms with van der Waals surface area (Å²) in [5.41, 5.74) is 2.07. The summed E-state index contributed by atoms with van der Waals surface area (Å²) in [7, 11) is 0. The van der Waals surface area contributed by atoms with E-state index in [1.807, 2.05) is 16.8 Å². The van der Waals surface area contributed by atoms with Crippen LogP contribution in [0.25, 0.3) is 5.65 Å². The van der Waals surface area contributed by atoms with E-state index in [4.69, 9.17) is 9.72 Å². The lowest BCUT2D eigenvalue weighted by Crippen LogP contribution is -2.24. The average molecular weight is 302 g/mol. The third-order valence-corrected chi connectivity index (χ3v) is 4.26. The third kappa shape index (κ3) is 3.09. The van der Waals surface area contributed by atoms with Crippen molar-refractivity contribution in [3.05, 3.63) is 24.0 Å². The Bertz CT molecular complexity index is 622. The second kappa shape index (κ2) is 6.65. The van der Waals surface area contributed by atoms with Gasteiger partial charge >= 0.3 is 0 Å². The lowest BCUT2D eigenvalue weighted by Gasteiger charge is -2.21. The predicted molar refractivity (Wildman–Crippen MR) is 88.5 cm³/mol. The van der Waals surface area contributed by atoms with Crippen LogP contribution in [-0.2, 0) is 4.74 Å². The average Bonchev–Trinajstić information content (AvgIpc) is 3.15. The van der Waals surface area contributed by atoms with E-state index in [1.165, 1.54) is 6.42 Å². The number of aromatic nitrogens is 3. The van der Waals surface area contributed by atoms with Crippen molar-refractivity contribution in [2.45, 2.75) is 39.5 Å². The van der Waals surface area contributed by atoms with Gasteiger partial charge in [0, 0.05) is 43.4 Å².